The van der Waals surface area contributed by atoms with E-state index in [1.54, 1.807) is 6.92 Å². The van der Waals surface area contributed by atoms with E-state index in [9.17, 15) is 19.2 Å². The van der Waals surface area contributed by atoms with Crippen molar-refractivity contribution in [2.75, 3.05) is 13.6 Å². The predicted octanol–water partition coefficient (Wildman–Crippen LogP) is 0.398. The highest BCUT2D eigenvalue weighted by Gasteiger charge is 2.49. The first kappa shape index (κ1) is 16.9. The van der Waals surface area contributed by atoms with Gasteiger partial charge in [0.15, 0.2) is 0 Å². The van der Waals surface area contributed by atoms with Crippen LogP contribution in [0.4, 0.5) is 9.59 Å². The molecule has 0 aromatic heterocycles. The molecule has 1 aromatic rings. The van der Waals surface area contributed by atoms with Gasteiger partial charge in [0.2, 0.25) is 5.91 Å². The summed E-state index contributed by atoms with van der Waals surface area (Å²) in [5, 5.41) is 6.94. The highest BCUT2D eigenvalue weighted by atomic mass is 16.2. The van der Waals surface area contributed by atoms with Crippen molar-refractivity contribution < 1.29 is 19.2 Å². The minimum atomic E-state index is -1.22. The Kier molecular flexibility index (Phi) is 4.20. The molecule has 8 nitrogen and oxygen atoms in total. The Morgan fingerprint density at radius 1 is 1.24 bits per heavy atom. The van der Waals surface area contributed by atoms with E-state index in [0.717, 1.165) is 24.2 Å². The van der Waals surface area contributed by atoms with Gasteiger partial charge in [0.05, 0.1) is 0 Å². The Hall–Kier alpha value is -2.90. The first-order valence-electron chi connectivity index (χ1n) is 8.13. The lowest BCUT2D eigenvalue weighted by Gasteiger charge is -2.23. The van der Waals surface area contributed by atoms with E-state index in [4.69, 9.17) is 0 Å². The third kappa shape index (κ3) is 2.95. The molecule has 2 aliphatic rings. The summed E-state index contributed by atoms with van der Waals surface area (Å²) in [5.74, 6) is -1.25. The fraction of sp³-hybridized carbons (Fsp3) is 0.412. The third-order valence-electron chi connectivity index (χ3n) is 4.73. The molecule has 0 radical (unpaired) electrons. The molecular formula is C17H20N4O4. The first-order chi connectivity index (χ1) is 11.8. The lowest BCUT2D eigenvalue weighted by molar-refractivity contribution is -0.134. The predicted molar refractivity (Wildman–Crippen MR) is 88.7 cm³/mol. The molecule has 0 saturated carbocycles. The van der Waals surface area contributed by atoms with Gasteiger partial charge in [-0.3, -0.25) is 19.8 Å². The molecule has 1 aliphatic carbocycles. The Morgan fingerprint density at radius 2 is 1.96 bits per heavy atom. The molecule has 3 N–H and O–H groups in total. The van der Waals surface area contributed by atoms with Crippen LogP contribution in [0.2, 0.25) is 0 Å². The molecule has 1 aromatic carbocycles. The molecular weight excluding hydrogens is 324 g/mol. The van der Waals surface area contributed by atoms with Gasteiger partial charge in [-0.1, -0.05) is 18.2 Å². The van der Waals surface area contributed by atoms with Crippen LogP contribution in [-0.4, -0.2) is 42.4 Å². The average molecular weight is 344 g/mol. The number of hydrogen-bond donors (Lipinski definition) is 3. The maximum atomic E-state index is 12.8. The van der Waals surface area contributed by atoms with E-state index in [0.29, 0.717) is 5.56 Å². The number of amides is 6. The van der Waals surface area contributed by atoms with Gasteiger partial charge in [0, 0.05) is 7.05 Å². The SMILES string of the molecule is CNC(=O)NC(=O)CN1C(=O)N[C@](C)(c2ccc3c(c2)CCC3)C1=O. The second kappa shape index (κ2) is 6.19. The highest BCUT2D eigenvalue weighted by Crippen LogP contribution is 2.32. The maximum Gasteiger partial charge on any atom is 0.325 e. The molecule has 0 unspecified atom stereocenters. The van der Waals surface area contributed by atoms with Crippen molar-refractivity contribution in [1.82, 2.24) is 20.9 Å². The average Bonchev–Trinajstić information content (AvgIpc) is 3.13. The number of fused-ring (bicyclic) bond motifs is 1. The Morgan fingerprint density at radius 3 is 2.68 bits per heavy atom. The molecule has 0 bridgehead atoms. The van der Waals surface area contributed by atoms with Gasteiger partial charge in [-0.05, 0) is 42.9 Å². The van der Waals surface area contributed by atoms with E-state index in [1.165, 1.54) is 18.2 Å². The van der Waals surface area contributed by atoms with Gasteiger partial charge < -0.3 is 10.6 Å². The second-order valence-corrected chi connectivity index (χ2v) is 6.41. The standard InChI is InChI=1S/C17H20N4O4/c1-17(12-7-6-10-4-3-5-11(10)8-12)14(23)21(16(25)20-17)9-13(22)19-15(24)18-2/h6-8H,3-5,9H2,1-2H3,(H,20,25)(H2,18,19,22,24)/t17-/m1/s1. The molecule has 1 heterocycles. The van der Waals surface area contributed by atoms with E-state index < -0.39 is 36.0 Å². The van der Waals surface area contributed by atoms with Gasteiger partial charge in [0.25, 0.3) is 5.91 Å². The number of rotatable bonds is 3. The third-order valence-corrected chi connectivity index (χ3v) is 4.73. The van der Waals surface area contributed by atoms with Crippen LogP contribution in [0.15, 0.2) is 18.2 Å². The highest BCUT2D eigenvalue weighted by molar-refractivity contribution is 6.10. The number of nitrogens with zero attached hydrogens (tertiary/aromatic N) is 1. The van der Waals surface area contributed by atoms with Crippen molar-refractivity contribution in [3.63, 3.8) is 0 Å². The minimum Gasteiger partial charge on any atom is -0.341 e. The Balaban J connectivity index is 1.80. The van der Waals surface area contributed by atoms with Crippen molar-refractivity contribution in [3.05, 3.63) is 34.9 Å². The maximum absolute atomic E-state index is 12.8. The summed E-state index contributed by atoms with van der Waals surface area (Å²) in [4.78, 5) is 48.8. The zero-order valence-corrected chi connectivity index (χ0v) is 14.1. The number of aryl methyl sites for hydroxylation is 2. The number of benzene rings is 1. The molecule has 1 atom stereocenters. The van der Waals surface area contributed by atoms with Gasteiger partial charge in [0.1, 0.15) is 12.1 Å². The number of carbonyl (C=O) groups excluding carboxylic acids is 4. The summed E-state index contributed by atoms with van der Waals surface area (Å²) in [6.45, 7) is 1.11. The zero-order chi connectivity index (χ0) is 18.2. The van der Waals surface area contributed by atoms with Crippen molar-refractivity contribution in [1.29, 1.82) is 0 Å². The largest absolute Gasteiger partial charge is 0.341 e. The fourth-order valence-corrected chi connectivity index (χ4v) is 3.29. The summed E-state index contributed by atoms with van der Waals surface area (Å²) < 4.78 is 0. The molecule has 132 valence electrons. The summed E-state index contributed by atoms with van der Waals surface area (Å²) in [7, 11) is 1.36. The van der Waals surface area contributed by atoms with Crippen LogP contribution in [0.1, 0.15) is 30.0 Å². The molecule has 1 saturated heterocycles. The molecule has 25 heavy (non-hydrogen) atoms. The van der Waals surface area contributed by atoms with Crippen LogP contribution in [0.5, 0.6) is 0 Å². The molecule has 1 aliphatic heterocycles. The monoisotopic (exact) mass is 344 g/mol. The number of hydrogen-bond acceptors (Lipinski definition) is 4. The quantitative estimate of drug-likeness (QED) is 0.690. The number of nitrogens with one attached hydrogen (secondary N) is 3. The zero-order valence-electron chi connectivity index (χ0n) is 14.1. The molecule has 0 spiro atoms. The lowest BCUT2D eigenvalue weighted by atomic mass is 9.89. The lowest BCUT2D eigenvalue weighted by Crippen LogP contribution is -2.46. The van der Waals surface area contributed by atoms with Crippen LogP contribution in [0, 0.1) is 0 Å². The van der Waals surface area contributed by atoms with Crippen molar-refractivity contribution >= 4 is 23.9 Å². The van der Waals surface area contributed by atoms with Crippen molar-refractivity contribution in [2.24, 2.45) is 0 Å². The summed E-state index contributed by atoms with van der Waals surface area (Å²) in [6, 6.07) is 4.44. The van der Waals surface area contributed by atoms with E-state index >= 15 is 0 Å². The Bertz CT molecular complexity index is 776. The first-order valence-corrected chi connectivity index (χ1v) is 8.13. The number of carbonyl (C=O) groups is 4. The van der Waals surface area contributed by atoms with Gasteiger partial charge in [-0.2, -0.15) is 0 Å². The Labute approximate surface area is 144 Å². The van der Waals surface area contributed by atoms with Crippen LogP contribution in [0.3, 0.4) is 0 Å². The van der Waals surface area contributed by atoms with E-state index in [-0.39, 0.29) is 0 Å². The summed E-state index contributed by atoms with van der Waals surface area (Å²) >= 11 is 0. The summed E-state index contributed by atoms with van der Waals surface area (Å²) in [6.07, 6.45) is 3.07. The topological polar surface area (TPSA) is 108 Å². The fourth-order valence-electron chi connectivity index (χ4n) is 3.29. The summed E-state index contributed by atoms with van der Waals surface area (Å²) in [5.41, 5.74) is 1.94. The van der Waals surface area contributed by atoms with Crippen LogP contribution >= 0.6 is 0 Å². The van der Waals surface area contributed by atoms with Crippen molar-refractivity contribution in [3.8, 4) is 0 Å². The van der Waals surface area contributed by atoms with Gasteiger partial charge in [-0.15, -0.1) is 0 Å². The molecule has 1 fully saturated rings. The van der Waals surface area contributed by atoms with Crippen LogP contribution in [-0.2, 0) is 28.0 Å². The van der Waals surface area contributed by atoms with Crippen LogP contribution < -0.4 is 16.0 Å². The minimum absolute atomic E-state index is 0.512. The second-order valence-electron chi connectivity index (χ2n) is 6.41. The molecule has 8 heteroatoms. The van der Waals surface area contributed by atoms with Gasteiger partial charge >= 0.3 is 12.1 Å². The van der Waals surface area contributed by atoms with Gasteiger partial charge in [-0.25, -0.2) is 9.59 Å². The molecule has 6 amide bonds. The smallest absolute Gasteiger partial charge is 0.325 e. The van der Waals surface area contributed by atoms with E-state index in [1.807, 2.05) is 23.5 Å². The van der Waals surface area contributed by atoms with Crippen molar-refractivity contribution in [2.45, 2.75) is 31.7 Å². The van der Waals surface area contributed by atoms with E-state index in [2.05, 4.69) is 10.6 Å². The number of urea groups is 2. The normalized spacial score (nSPS) is 21.8. The molecule has 3 rings (SSSR count). The van der Waals surface area contributed by atoms with Crippen LogP contribution in [0.25, 0.3) is 0 Å². The number of imide groups is 2.